The highest BCUT2D eigenvalue weighted by molar-refractivity contribution is 8.26. The molecule has 3 rings (SSSR count). The lowest BCUT2D eigenvalue weighted by Gasteiger charge is -2.14. The standard InChI is InChI=1S/C23H23N3O4S2/c27-18-11-7-10-17(15-18)21(29)25-24-20(28)12-5-2-6-13-26-22(30)19(32-23(26)31)14-16-8-3-1-4-9-16/h1,3-4,7-11,14-15,27H,2,5-6,12-13H2,(H,24,28)(H,25,29). The summed E-state index contributed by atoms with van der Waals surface area (Å²) in [5.74, 6) is -0.931. The molecule has 1 saturated heterocycles. The van der Waals surface area contributed by atoms with Gasteiger partial charge in [-0.25, -0.2) is 0 Å². The third-order valence-electron chi connectivity index (χ3n) is 4.68. The van der Waals surface area contributed by atoms with Gasteiger partial charge in [0.25, 0.3) is 11.8 Å². The van der Waals surface area contributed by atoms with E-state index in [1.165, 1.54) is 30.0 Å². The topological polar surface area (TPSA) is 98.7 Å². The molecule has 1 aliphatic heterocycles. The maximum Gasteiger partial charge on any atom is 0.269 e. The molecule has 0 unspecified atom stereocenters. The zero-order valence-electron chi connectivity index (χ0n) is 17.2. The summed E-state index contributed by atoms with van der Waals surface area (Å²) >= 11 is 6.65. The normalized spacial score (nSPS) is 14.6. The van der Waals surface area contributed by atoms with Gasteiger partial charge in [-0.05, 0) is 42.7 Å². The van der Waals surface area contributed by atoms with Crippen molar-refractivity contribution in [2.24, 2.45) is 0 Å². The van der Waals surface area contributed by atoms with E-state index in [0.717, 1.165) is 12.0 Å². The van der Waals surface area contributed by atoms with Gasteiger partial charge in [-0.2, -0.15) is 0 Å². The zero-order valence-corrected chi connectivity index (χ0v) is 18.9. The van der Waals surface area contributed by atoms with Gasteiger partial charge in [-0.15, -0.1) is 0 Å². The second-order valence-corrected chi connectivity index (χ2v) is 8.78. The third kappa shape index (κ3) is 6.66. The number of nitrogens with one attached hydrogen (secondary N) is 2. The van der Waals surface area contributed by atoms with Crippen LogP contribution in [0.4, 0.5) is 0 Å². The average Bonchev–Trinajstić information content (AvgIpc) is 3.05. The van der Waals surface area contributed by atoms with Gasteiger partial charge >= 0.3 is 0 Å². The van der Waals surface area contributed by atoms with Gasteiger partial charge in [-0.3, -0.25) is 30.1 Å². The van der Waals surface area contributed by atoms with Gasteiger partial charge in [0.05, 0.1) is 4.91 Å². The van der Waals surface area contributed by atoms with Crippen molar-refractivity contribution in [2.45, 2.75) is 25.7 Å². The Labute approximate surface area is 195 Å². The number of phenolic OH excluding ortho intramolecular Hbond substituents is 1. The largest absolute Gasteiger partial charge is 0.508 e. The van der Waals surface area contributed by atoms with Crippen LogP contribution in [0, 0.1) is 0 Å². The highest BCUT2D eigenvalue weighted by Gasteiger charge is 2.31. The van der Waals surface area contributed by atoms with E-state index in [9.17, 15) is 19.5 Å². The number of phenols is 1. The summed E-state index contributed by atoms with van der Waals surface area (Å²) in [7, 11) is 0. The smallest absolute Gasteiger partial charge is 0.269 e. The Kier molecular flexibility index (Phi) is 8.41. The number of carbonyl (C=O) groups is 3. The van der Waals surface area contributed by atoms with Crippen LogP contribution in [0.15, 0.2) is 59.5 Å². The molecular weight excluding hydrogens is 446 g/mol. The maximum absolute atomic E-state index is 12.6. The molecule has 1 heterocycles. The van der Waals surface area contributed by atoms with Crippen LogP contribution in [-0.2, 0) is 9.59 Å². The number of rotatable bonds is 8. The van der Waals surface area contributed by atoms with Crippen LogP contribution in [0.5, 0.6) is 5.75 Å². The Morgan fingerprint density at radius 1 is 1.03 bits per heavy atom. The fourth-order valence-corrected chi connectivity index (χ4v) is 4.34. The first-order valence-corrected chi connectivity index (χ1v) is 11.3. The van der Waals surface area contributed by atoms with E-state index < -0.39 is 5.91 Å². The summed E-state index contributed by atoms with van der Waals surface area (Å²) in [5, 5.41) is 9.39. The first-order chi connectivity index (χ1) is 15.4. The Balaban J connectivity index is 1.35. The lowest BCUT2D eigenvalue weighted by Crippen LogP contribution is -2.41. The van der Waals surface area contributed by atoms with Gasteiger partial charge in [0.1, 0.15) is 10.1 Å². The van der Waals surface area contributed by atoms with E-state index >= 15 is 0 Å². The first kappa shape index (κ1) is 23.5. The van der Waals surface area contributed by atoms with Crippen molar-refractivity contribution in [3.63, 3.8) is 0 Å². The molecule has 2 aromatic rings. The highest BCUT2D eigenvalue weighted by Crippen LogP contribution is 2.32. The van der Waals surface area contributed by atoms with E-state index in [0.29, 0.717) is 28.6 Å². The lowest BCUT2D eigenvalue weighted by molar-refractivity contribution is -0.123. The average molecular weight is 470 g/mol. The monoisotopic (exact) mass is 469 g/mol. The van der Waals surface area contributed by atoms with E-state index in [2.05, 4.69) is 10.9 Å². The Hall–Kier alpha value is -3.17. The van der Waals surface area contributed by atoms with Crippen LogP contribution in [0.1, 0.15) is 41.6 Å². The molecule has 3 amide bonds. The molecule has 0 radical (unpaired) electrons. The van der Waals surface area contributed by atoms with Crippen molar-refractivity contribution in [1.82, 2.24) is 15.8 Å². The quantitative estimate of drug-likeness (QED) is 0.236. The number of thioether (sulfide) groups is 1. The summed E-state index contributed by atoms with van der Waals surface area (Å²) in [6, 6.07) is 15.5. The number of aromatic hydroxyl groups is 1. The van der Waals surface area contributed by atoms with Crippen molar-refractivity contribution in [3.8, 4) is 5.75 Å². The van der Waals surface area contributed by atoms with Crippen molar-refractivity contribution >= 4 is 52.1 Å². The van der Waals surface area contributed by atoms with E-state index in [4.69, 9.17) is 12.2 Å². The van der Waals surface area contributed by atoms with E-state index in [-0.39, 0.29) is 29.5 Å². The molecular formula is C23H23N3O4S2. The lowest BCUT2D eigenvalue weighted by atomic mass is 10.2. The number of thiocarbonyl (C=S) groups is 1. The number of unbranched alkanes of at least 4 members (excludes halogenated alkanes) is 2. The van der Waals surface area contributed by atoms with Crippen molar-refractivity contribution < 1.29 is 19.5 Å². The molecule has 7 nitrogen and oxygen atoms in total. The molecule has 1 fully saturated rings. The molecule has 3 N–H and O–H groups in total. The Morgan fingerprint density at radius 2 is 1.81 bits per heavy atom. The van der Waals surface area contributed by atoms with Gasteiger partial charge in [0.2, 0.25) is 5.91 Å². The van der Waals surface area contributed by atoms with Gasteiger partial charge in [0.15, 0.2) is 0 Å². The predicted molar refractivity (Wildman–Crippen MR) is 129 cm³/mol. The summed E-state index contributed by atoms with van der Waals surface area (Å²) in [6.07, 6.45) is 4.15. The molecule has 0 bridgehead atoms. The second-order valence-electron chi connectivity index (χ2n) is 7.11. The Morgan fingerprint density at radius 3 is 2.56 bits per heavy atom. The number of hydrogen-bond donors (Lipinski definition) is 3. The van der Waals surface area contributed by atoms with Crippen LogP contribution >= 0.6 is 24.0 Å². The first-order valence-electron chi connectivity index (χ1n) is 10.1. The molecule has 0 spiro atoms. The molecule has 9 heteroatoms. The summed E-state index contributed by atoms with van der Waals surface area (Å²) in [5.41, 5.74) is 5.88. The van der Waals surface area contributed by atoms with Crippen LogP contribution in [-0.4, -0.2) is 38.6 Å². The SMILES string of the molecule is O=C(CCCCCN1C(=O)C(=Cc2ccccc2)SC1=S)NNC(=O)c1cccc(O)c1. The number of hydrazine groups is 1. The van der Waals surface area contributed by atoms with Crippen molar-refractivity contribution in [3.05, 3.63) is 70.6 Å². The molecule has 166 valence electrons. The number of hydrogen-bond acceptors (Lipinski definition) is 6. The molecule has 0 aromatic heterocycles. The number of amides is 3. The maximum atomic E-state index is 12.6. The van der Waals surface area contributed by atoms with E-state index in [1.807, 2.05) is 36.4 Å². The molecule has 0 aliphatic carbocycles. The van der Waals surface area contributed by atoms with Gasteiger partial charge < -0.3 is 5.11 Å². The minimum atomic E-state index is -0.507. The van der Waals surface area contributed by atoms with Crippen LogP contribution < -0.4 is 10.9 Å². The summed E-state index contributed by atoms with van der Waals surface area (Å²) in [6.45, 7) is 0.507. The zero-order chi connectivity index (χ0) is 22.9. The molecule has 0 atom stereocenters. The van der Waals surface area contributed by atoms with E-state index in [1.54, 1.807) is 11.0 Å². The van der Waals surface area contributed by atoms with Gasteiger partial charge in [0, 0.05) is 18.5 Å². The van der Waals surface area contributed by atoms with Crippen LogP contribution in [0.2, 0.25) is 0 Å². The summed E-state index contributed by atoms with van der Waals surface area (Å²) < 4.78 is 0.546. The van der Waals surface area contributed by atoms with Gasteiger partial charge in [-0.1, -0.05) is 66.8 Å². The van der Waals surface area contributed by atoms with Crippen LogP contribution in [0.3, 0.4) is 0 Å². The van der Waals surface area contributed by atoms with Crippen LogP contribution in [0.25, 0.3) is 6.08 Å². The number of nitrogens with zero attached hydrogens (tertiary/aromatic N) is 1. The highest BCUT2D eigenvalue weighted by atomic mass is 32.2. The molecule has 2 aromatic carbocycles. The Bertz CT molecular complexity index is 1040. The predicted octanol–water partition coefficient (Wildman–Crippen LogP) is 3.62. The fourth-order valence-electron chi connectivity index (χ4n) is 3.03. The van der Waals surface area contributed by atoms with Crippen molar-refractivity contribution in [2.75, 3.05) is 6.54 Å². The minimum absolute atomic E-state index is 0.0268. The molecule has 0 saturated carbocycles. The molecule has 1 aliphatic rings. The second kappa shape index (κ2) is 11.4. The fraction of sp³-hybridized carbons (Fsp3) is 0.217. The number of carbonyl (C=O) groups excluding carboxylic acids is 3. The molecule has 32 heavy (non-hydrogen) atoms. The number of benzene rings is 2. The third-order valence-corrected chi connectivity index (χ3v) is 6.06. The summed E-state index contributed by atoms with van der Waals surface area (Å²) in [4.78, 5) is 38.7. The van der Waals surface area contributed by atoms with Crippen molar-refractivity contribution in [1.29, 1.82) is 0 Å². The minimum Gasteiger partial charge on any atom is -0.508 e.